The van der Waals surface area contributed by atoms with Gasteiger partial charge >= 0.3 is 5.97 Å². The van der Waals surface area contributed by atoms with Crippen molar-refractivity contribution in [3.63, 3.8) is 0 Å². The van der Waals surface area contributed by atoms with Crippen LogP contribution >= 0.6 is 0 Å². The molecule has 0 saturated heterocycles. The van der Waals surface area contributed by atoms with Gasteiger partial charge in [0.05, 0.1) is 11.7 Å². The number of carboxylic acids is 1. The smallest absolute Gasteiger partial charge is 0.307 e. The van der Waals surface area contributed by atoms with Gasteiger partial charge in [0.2, 0.25) is 10.0 Å². The second kappa shape index (κ2) is 7.51. The molecule has 0 saturated carbocycles. The van der Waals surface area contributed by atoms with E-state index in [4.69, 9.17) is 5.11 Å². The predicted molar refractivity (Wildman–Crippen MR) is 77.6 cm³/mol. The molecule has 0 heterocycles. The summed E-state index contributed by atoms with van der Waals surface area (Å²) in [5.74, 6) is -2.36. The zero-order chi connectivity index (χ0) is 16.0. The highest BCUT2D eigenvalue weighted by Crippen LogP contribution is 2.12. The molecule has 5 nitrogen and oxygen atoms in total. The molecule has 0 aliphatic carbocycles. The number of nitrogens with one attached hydrogen (secondary N) is 1. The number of hydrogen-bond acceptors (Lipinski definition) is 3. The number of carboxylic acid groups (broad SMARTS) is 1. The standard InChI is InChI=1S/C14H20FNO4S/c1-10(2)7-12(14(17)18)8-16-21(19,20)9-11-3-5-13(15)6-4-11/h3-6,10,12,16H,7-9H2,1-2H3,(H,17,18). The second-order valence-corrected chi connectivity index (χ2v) is 7.21. The van der Waals surface area contributed by atoms with E-state index in [-0.39, 0.29) is 18.2 Å². The first kappa shape index (κ1) is 17.6. The van der Waals surface area contributed by atoms with E-state index in [2.05, 4.69) is 4.72 Å². The van der Waals surface area contributed by atoms with Crippen molar-refractivity contribution in [2.45, 2.75) is 26.0 Å². The van der Waals surface area contributed by atoms with E-state index in [1.54, 1.807) is 0 Å². The highest BCUT2D eigenvalue weighted by molar-refractivity contribution is 7.88. The Hall–Kier alpha value is -1.47. The lowest BCUT2D eigenvalue weighted by Gasteiger charge is -2.15. The maximum atomic E-state index is 12.8. The second-order valence-electron chi connectivity index (χ2n) is 5.40. The monoisotopic (exact) mass is 317 g/mol. The van der Waals surface area contributed by atoms with E-state index in [0.29, 0.717) is 12.0 Å². The van der Waals surface area contributed by atoms with Crippen LogP contribution in [0.2, 0.25) is 0 Å². The fraction of sp³-hybridized carbons (Fsp3) is 0.500. The summed E-state index contributed by atoms with van der Waals surface area (Å²) in [6.07, 6.45) is 0.397. The molecule has 0 amide bonds. The molecule has 0 radical (unpaired) electrons. The molecule has 1 rings (SSSR count). The summed E-state index contributed by atoms with van der Waals surface area (Å²) in [7, 11) is -3.65. The van der Waals surface area contributed by atoms with E-state index in [0.717, 1.165) is 0 Å². The molecular formula is C14H20FNO4S. The summed E-state index contributed by atoms with van der Waals surface area (Å²) in [5.41, 5.74) is 0.444. The minimum atomic E-state index is -3.65. The Morgan fingerprint density at radius 3 is 2.33 bits per heavy atom. The van der Waals surface area contributed by atoms with Gasteiger partial charge in [-0.25, -0.2) is 17.5 Å². The van der Waals surface area contributed by atoms with Crippen LogP contribution in [0, 0.1) is 17.7 Å². The molecule has 1 aromatic carbocycles. The fourth-order valence-electron chi connectivity index (χ4n) is 1.92. The number of carbonyl (C=O) groups is 1. The Morgan fingerprint density at radius 1 is 1.29 bits per heavy atom. The number of rotatable bonds is 8. The van der Waals surface area contributed by atoms with Crippen LogP contribution in [0.4, 0.5) is 4.39 Å². The van der Waals surface area contributed by atoms with Gasteiger partial charge < -0.3 is 5.11 Å². The van der Waals surface area contributed by atoms with Crippen LogP contribution in [-0.2, 0) is 20.6 Å². The molecule has 0 spiro atoms. The van der Waals surface area contributed by atoms with Crippen molar-refractivity contribution in [2.24, 2.45) is 11.8 Å². The third-order valence-corrected chi connectivity index (χ3v) is 4.24. The highest BCUT2D eigenvalue weighted by atomic mass is 32.2. The first-order chi connectivity index (χ1) is 9.69. The van der Waals surface area contributed by atoms with Crippen LogP contribution in [0.1, 0.15) is 25.8 Å². The molecule has 0 aliphatic heterocycles. The largest absolute Gasteiger partial charge is 0.481 e. The zero-order valence-electron chi connectivity index (χ0n) is 12.0. The van der Waals surface area contributed by atoms with E-state index >= 15 is 0 Å². The number of aliphatic carboxylic acids is 1. The van der Waals surface area contributed by atoms with Crippen molar-refractivity contribution in [2.75, 3.05) is 6.54 Å². The van der Waals surface area contributed by atoms with Crippen LogP contribution in [0.3, 0.4) is 0 Å². The van der Waals surface area contributed by atoms with Crippen LogP contribution in [-0.4, -0.2) is 26.0 Å². The van der Waals surface area contributed by atoms with Crippen molar-refractivity contribution in [1.82, 2.24) is 4.72 Å². The Morgan fingerprint density at radius 2 is 1.86 bits per heavy atom. The Bertz CT molecular complexity index is 569. The molecule has 0 aromatic heterocycles. The maximum absolute atomic E-state index is 12.8. The number of sulfonamides is 1. The maximum Gasteiger partial charge on any atom is 0.307 e. The van der Waals surface area contributed by atoms with E-state index < -0.39 is 27.7 Å². The molecule has 118 valence electrons. The molecule has 1 atom stereocenters. The zero-order valence-corrected chi connectivity index (χ0v) is 12.9. The van der Waals surface area contributed by atoms with Crippen molar-refractivity contribution in [1.29, 1.82) is 0 Å². The molecule has 0 fully saturated rings. The average molecular weight is 317 g/mol. The van der Waals surface area contributed by atoms with Gasteiger partial charge in [0.25, 0.3) is 0 Å². The summed E-state index contributed by atoms with van der Waals surface area (Å²) >= 11 is 0. The Balaban J connectivity index is 2.63. The topological polar surface area (TPSA) is 83.5 Å². The molecule has 0 aliphatic rings. The van der Waals surface area contributed by atoms with Gasteiger partial charge in [-0.2, -0.15) is 0 Å². The lowest BCUT2D eigenvalue weighted by molar-refractivity contribution is -0.142. The Labute approximate surface area is 124 Å². The van der Waals surface area contributed by atoms with Crippen molar-refractivity contribution in [3.8, 4) is 0 Å². The Kier molecular flexibility index (Phi) is 6.29. The van der Waals surface area contributed by atoms with Gasteiger partial charge in [0.1, 0.15) is 5.82 Å². The molecule has 2 N–H and O–H groups in total. The van der Waals surface area contributed by atoms with E-state index in [9.17, 15) is 17.6 Å². The lowest BCUT2D eigenvalue weighted by atomic mass is 9.98. The van der Waals surface area contributed by atoms with Gasteiger partial charge in [0.15, 0.2) is 0 Å². The average Bonchev–Trinajstić information content (AvgIpc) is 2.36. The van der Waals surface area contributed by atoms with E-state index in [1.165, 1.54) is 24.3 Å². The number of halogens is 1. The van der Waals surface area contributed by atoms with E-state index in [1.807, 2.05) is 13.8 Å². The van der Waals surface area contributed by atoms with Gasteiger partial charge in [-0.05, 0) is 30.0 Å². The summed E-state index contributed by atoms with van der Waals surface area (Å²) < 4.78 is 38.9. The minimum absolute atomic E-state index is 0.142. The van der Waals surface area contributed by atoms with Crippen molar-refractivity contribution >= 4 is 16.0 Å². The third-order valence-electron chi connectivity index (χ3n) is 2.92. The molecule has 0 bridgehead atoms. The minimum Gasteiger partial charge on any atom is -0.481 e. The van der Waals surface area contributed by atoms with Crippen LogP contribution < -0.4 is 4.72 Å². The summed E-state index contributed by atoms with van der Waals surface area (Å²) in [6, 6.07) is 5.14. The van der Waals surface area contributed by atoms with Crippen LogP contribution in [0.5, 0.6) is 0 Å². The third kappa shape index (κ3) is 6.68. The van der Waals surface area contributed by atoms with Crippen LogP contribution in [0.25, 0.3) is 0 Å². The van der Waals surface area contributed by atoms with Crippen LogP contribution in [0.15, 0.2) is 24.3 Å². The molecule has 1 aromatic rings. The summed E-state index contributed by atoms with van der Waals surface area (Å²) in [4.78, 5) is 11.1. The highest BCUT2D eigenvalue weighted by Gasteiger charge is 2.21. The lowest BCUT2D eigenvalue weighted by Crippen LogP contribution is -2.34. The van der Waals surface area contributed by atoms with Gasteiger partial charge in [-0.3, -0.25) is 4.79 Å². The van der Waals surface area contributed by atoms with Crippen molar-refractivity contribution < 1.29 is 22.7 Å². The molecular weight excluding hydrogens is 297 g/mol. The van der Waals surface area contributed by atoms with Gasteiger partial charge in [0, 0.05) is 6.54 Å². The van der Waals surface area contributed by atoms with Gasteiger partial charge in [-0.15, -0.1) is 0 Å². The van der Waals surface area contributed by atoms with Gasteiger partial charge in [-0.1, -0.05) is 26.0 Å². The number of hydrogen-bond donors (Lipinski definition) is 2. The molecule has 1 unspecified atom stereocenters. The van der Waals surface area contributed by atoms with Crippen molar-refractivity contribution in [3.05, 3.63) is 35.6 Å². The predicted octanol–water partition coefficient (Wildman–Crippen LogP) is 1.99. The SMILES string of the molecule is CC(C)CC(CNS(=O)(=O)Cc1ccc(F)cc1)C(=O)O. The normalized spacial score (nSPS) is 13.3. The first-order valence-electron chi connectivity index (χ1n) is 6.64. The fourth-order valence-corrected chi connectivity index (χ4v) is 3.11. The number of benzene rings is 1. The summed E-state index contributed by atoms with van der Waals surface area (Å²) in [5, 5.41) is 9.06. The summed E-state index contributed by atoms with van der Waals surface area (Å²) in [6.45, 7) is 3.61. The quantitative estimate of drug-likeness (QED) is 0.768. The molecule has 21 heavy (non-hydrogen) atoms. The first-order valence-corrected chi connectivity index (χ1v) is 8.29. The molecule has 7 heteroatoms.